The second-order valence-corrected chi connectivity index (χ2v) is 5.63. The summed E-state index contributed by atoms with van der Waals surface area (Å²) in [7, 11) is 0. The van der Waals surface area contributed by atoms with Crippen molar-refractivity contribution in [3.63, 3.8) is 0 Å². The van der Waals surface area contributed by atoms with E-state index in [1.54, 1.807) is 27.7 Å². The second-order valence-electron chi connectivity index (χ2n) is 5.63. The van der Waals surface area contributed by atoms with Gasteiger partial charge in [-0.1, -0.05) is 4.98 Å². The summed E-state index contributed by atoms with van der Waals surface area (Å²) in [5.74, 6) is -0.344. The average Bonchev–Trinajstić information content (AvgIpc) is 2.65. The first-order valence-electron chi connectivity index (χ1n) is 6.41. The number of hydrogen-bond acceptors (Lipinski definition) is 6. The minimum atomic E-state index is -0.996. The summed E-state index contributed by atoms with van der Waals surface area (Å²) in [6, 6.07) is 0. The Hall–Kier alpha value is -2.16. The molecule has 0 aliphatic carbocycles. The quantitative estimate of drug-likeness (QED) is 0.618. The smallest absolute Gasteiger partial charge is 0.434 e. The summed E-state index contributed by atoms with van der Waals surface area (Å²) < 4.78 is 6.25. The van der Waals surface area contributed by atoms with Crippen molar-refractivity contribution in [1.82, 2.24) is 14.9 Å². The predicted molar refractivity (Wildman–Crippen MR) is 73.9 cm³/mol. The van der Waals surface area contributed by atoms with E-state index in [0.29, 0.717) is 5.69 Å². The molecule has 0 aliphatic rings. The van der Waals surface area contributed by atoms with E-state index in [-0.39, 0.29) is 19.0 Å². The van der Waals surface area contributed by atoms with Crippen LogP contribution in [0.25, 0.3) is 0 Å². The number of aliphatic hydroxyl groups is 1. The Kier molecular flexibility index (Phi) is 5.25. The zero-order valence-corrected chi connectivity index (χ0v) is 12.5. The lowest BCUT2D eigenvalue weighted by Gasteiger charge is -2.20. The topological polar surface area (TPSA) is 120 Å². The molecule has 1 unspecified atom stereocenters. The Morgan fingerprint density at radius 1 is 1.62 bits per heavy atom. The van der Waals surface area contributed by atoms with Crippen molar-refractivity contribution in [1.29, 1.82) is 0 Å². The molecule has 1 aromatic heterocycles. The molecule has 0 bridgehead atoms. The van der Waals surface area contributed by atoms with Crippen LogP contribution in [-0.4, -0.2) is 43.9 Å². The number of aliphatic hydroxyl groups excluding tert-OH is 1. The van der Waals surface area contributed by atoms with Gasteiger partial charge in [0.05, 0.1) is 6.54 Å². The molecule has 118 valence electrons. The van der Waals surface area contributed by atoms with Crippen molar-refractivity contribution in [2.24, 2.45) is 0 Å². The highest BCUT2D eigenvalue weighted by Gasteiger charge is 2.21. The van der Waals surface area contributed by atoms with Crippen molar-refractivity contribution in [2.45, 2.75) is 45.9 Å². The molecular formula is C12H20N4O5. The number of aryl methyl sites for hydroxylation is 1. The standard InChI is InChI=1S/C12H20N4O5/c1-8-6-15(10(14-8)16(19)20)7-9(17)5-13-11(18)21-12(2,3)4/h6,9,17H,5,7H2,1-4H3,(H,13,18). The number of nitrogens with zero attached hydrogens (tertiary/aromatic N) is 3. The summed E-state index contributed by atoms with van der Waals surface area (Å²) in [6.07, 6.45) is -0.183. The zero-order chi connectivity index (χ0) is 16.2. The van der Waals surface area contributed by atoms with E-state index < -0.39 is 22.7 Å². The number of carbonyl (C=O) groups excluding carboxylic acids is 1. The Labute approximate surface area is 122 Å². The van der Waals surface area contributed by atoms with Crippen LogP contribution in [-0.2, 0) is 11.3 Å². The van der Waals surface area contributed by atoms with Gasteiger partial charge in [0.1, 0.15) is 23.6 Å². The molecule has 2 N–H and O–H groups in total. The maximum atomic E-state index is 11.4. The third-order valence-electron chi connectivity index (χ3n) is 2.33. The number of nitrogens with one attached hydrogen (secondary N) is 1. The van der Waals surface area contributed by atoms with Crippen LogP contribution in [0.5, 0.6) is 0 Å². The maximum absolute atomic E-state index is 11.4. The van der Waals surface area contributed by atoms with E-state index in [4.69, 9.17) is 4.74 Å². The number of amides is 1. The summed E-state index contributed by atoms with van der Waals surface area (Å²) >= 11 is 0. The Bertz CT molecular complexity index is 520. The van der Waals surface area contributed by atoms with Gasteiger partial charge in [0, 0.05) is 6.54 Å². The Morgan fingerprint density at radius 3 is 2.76 bits per heavy atom. The largest absolute Gasteiger partial charge is 0.444 e. The van der Waals surface area contributed by atoms with Crippen LogP contribution >= 0.6 is 0 Å². The number of carbonyl (C=O) groups is 1. The van der Waals surface area contributed by atoms with Crippen LogP contribution in [0.2, 0.25) is 0 Å². The van der Waals surface area contributed by atoms with Gasteiger partial charge < -0.3 is 25.3 Å². The molecular weight excluding hydrogens is 280 g/mol. The van der Waals surface area contributed by atoms with Gasteiger partial charge in [-0.2, -0.15) is 0 Å². The molecule has 1 rings (SSSR count). The van der Waals surface area contributed by atoms with Crippen molar-refractivity contribution >= 4 is 12.0 Å². The molecule has 1 atom stereocenters. The summed E-state index contributed by atoms with van der Waals surface area (Å²) in [6.45, 7) is 6.66. The van der Waals surface area contributed by atoms with Crippen LogP contribution in [0.1, 0.15) is 26.5 Å². The van der Waals surface area contributed by atoms with Crippen LogP contribution in [0.3, 0.4) is 0 Å². The van der Waals surface area contributed by atoms with E-state index in [9.17, 15) is 20.0 Å². The molecule has 1 heterocycles. The van der Waals surface area contributed by atoms with E-state index in [0.717, 1.165) is 0 Å². The Morgan fingerprint density at radius 2 is 2.24 bits per heavy atom. The average molecular weight is 300 g/mol. The number of rotatable bonds is 5. The van der Waals surface area contributed by atoms with Gasteiger partial charge in [0.15, 0.2) is 0 Å². The molecule has 0 aliphatic heterocycles. The van der Waals surface area contributed by atoms with E-state index >= 15 is 0 Å². The lowest BCUT2D eigenvalue weighted by Crippen LogP contribution is -2.38. The molecule has 1 aromatic rings. The summed E-state index contributed by atoms with van der Waals surface area (Å²) in [5, 5.41) is 23.0. The van der Waals surface area contributed by atoms with Gasteiger partial charge >= 0.3 is 12.0 Å². The van der Waals surface area contributed by atoms with Crippen LogP contribution in [0.15, 0.2) is 6.20 Å². The fraction of sp³-hybridized carbons (Fsp3) is 0.667. The first-order chi connectivity index (χ1) is 9.58. The van der Waals surface area contributed by atoms with Gasteiger partial charge in [0.25, 0.3) is 0 Å². The highest BCUT2D eigenvalue weighted by Crippen LogP contribution is 2.12. The van der Waals surface area contributed by atoms with E-state index in [1.165, 1.54) is 10.8 Å². The Balaban J connectivity index is 2.53. The molecule has 1 amide bonds. The van der Waals surface area contributed by atoms with Gasteiger partial charge in [-0.05, 0) is 32.6 Å². The molecule has 21 heavy (non-hydrogen) atoms. The second kappa shape index (κ2) is 6.53. The van der Waals surface area contributed by atoms with Crippen molar-refractivity contribution in [3.8, 4) is 0 Å². The maximum Gasteiger partial charge on any atom is 0.434 e. The molecule has 0 radical (unpaired) electrons. The van der Waals surface area contributed by atoms with Gasteiger partial charge in [-0.15, -0.1) is 0 Å². The molecule has 0 saturated carbocycles. The highest BCUT2D eigenvalue weighted by molar-refractivity contribution is 5.67. The molecule has 0 saturated heterocycles. The summed E-state index contributed by atoms with van der Waals surface area (Å²) in [5.41, 5.74) is -0.149. The third-order valence-corrected chi connectivity index (χ3v) is 2.33. The number of imidazole rings is 1. The van der Waals surface area contributed by atoms with Gasteiger partial charge in [0.2, 0.25) is 0 Å². The monoisotopic (exact) mass is 300 g/mol. The third kappa shape index (κ3) is 5.78. The lowest BCUT2D eigenvalue weighted by atomic mass is 10.2. The first kappa shape index (κ1) is 16.9. The fourth-order valence-corrected chi connectivity index (χ4v) is 1.62. The van der Waals surface area contributed by atoms with Crippen molar-refractivity contribution in [3.05, 3.63) is 22.0 Å². The SMILES string of the molecule is Cc1cn(CC(O)CNC(=O)OC(C)(C)C)c([N+](=O)[O-])n1. The zero-order valence-electron chi connectivity index (χ0n) is 12.5. The van der Waals surface area contributed by atoms with Crippen LogP contribution in [0, 0.1) is 17.0 Å². The highest BCUT2D eigenvalue weighted by atomic mass is 16.6. The molecule has 9 nitrogen and oxygen atoms in total. The predicted octanol–water partition coefficient (Wildman–Crippen LogP) is 0.985. The number of alkyl carbamates (subject to hydrolysis) is 1. The van der Waals surface area contributed by atoms with Gasteiger partial charge in [-0.25, -0.2) is 9.36 Å². The number of hydrogen-bond donors (Lipinski definition) is 2. The summed E-state index contributed by atoms with van der Waals surface area (Å²) in [4.78, 5) is 25.3. The number of aromatic nitrogens is 2. The molecule has 0 aromatic carbocycles. The molecule has 0 fully saturated rings. The minimum Gasteiger partial charge on any atom is -0.444 e. The first-order valence-corrected chi connectivity index (χ1v) is 6.41. The van der Waals surface area contributed by atoms with E-state index in [2.05, 4.69) is 10.3 Å². The molecule has 0 spiro atoms. The van der Waals surface area contributed by atoms with Gasteiger partial charge in [-0.3, -0.25) is 0 Å². The van der Waals surface area contributed by atoms with Crippen molar-refractivity contribution in [2.75, 3.05) is 6.54 Å². The number of ether oxygens (including phenoxy) is 1. The van der Waals surface area contributed by atoms with E-state index in [1.807, 2.05) is 0 Å². The molecule has 9 heteroatoms. The minimum absolute atomic E-state index is 0.0487. The normalized spacial score (nSPS) is 12.8. The fourth-order valence-electron chi connectivity index (χ4n) is 1.62. The number of nitro groups is 1. The van der Waals surface area contributed by atoms with Crippen LogP contribution < -0.4 is 5.32 Å². The van der Waals surface area contributed by atoms with Crippen LogP contribution in [0.4, 0.5) is 10.7 Å². The van der Waals surface area contributed by atoms with Crippen molar-refractivity contribution < 1.29 is 19.6 Å². The lowest BCUT2D eigenvalue weighted by molar-refractivity contribution is -0.397.